The SMILES string of the molecule is CCOP(=O)(Cc1ccc(CP(=O)(OCC)OCC)cc1)OCC.[2HH]. The molecule has 0 radical (unpaired) electrons. The summed E-state index contributed by atoms with van der Waals surface area (Å²) in [6, 6.07) is 7.34. The lowest BCUT2D eigenvalue weighted by molar-refractivity contribution is 0.218. The van der Waals surface area contributed by atoms with Gasteiger partial charge in [-0.05, 0) is 38.8 Å². The zero-order valence-corrected chi connectivity index (χ0v) is 16.7. The molecule has 24 heavy (non-hydrogen) atoms. The molecule has 0 spiro atoms. The van der Waals surface area contributed by atoms with E-state index in [1.54, 1.807) is 27.7 Å². The zero-order chi connectivity index (χ0) is 18.1. The Kier molecular flexibility index (Phi) is 9.43. The van der Waals surface area contributed by atoms with E-state index in [1.807, 2.05) is 24.3 Å². The highest BCUT2D eigenvalue weighted by molar-refractivity contribution is 7.53. The Morgan fingerprint density at radius 1 is 0.667 bits per heavy atom. The van der Waals surface area contributed by atoms with Crippen LogP contribution in [-0.2, 0) is 39.5 Å². The Bertz CT molecular complexity index is 507. The molecule has 0 N–H and O–H groups in total. The van der Waals surface area contributed by atoms with Gasteiger partial charge >= 0.3 is 15.2 Å². The van der Waals surface area contributed by atoms with Crippen LogP contribution in [0.2, 0.25) is 0 Å². The highest BCUT2D eigenvalue weighted by atomic mass is 31.2. The molecule has 140 valence electrons. The van der Waals surface area contributed by atoms with Gasteiger partial charge in [0.2, 0.25) is 0 Å². The van der Waals surface area contributed by atoms with Gasteiger partial charge in [0.15, 0.2) is 0 Å². The molecule has 0 aliphatic carbocycles. The van der Waals surface area contributed by atoms with Gasteiger partial charge in [0.1, 0.15) is 0 Å². The van der Waals surface area contributed by atoms with Crippen molar-refractivity contribution in [2.75, 3.05) is 26.4 Å². The summed E-state index contributed by atoms with van der Waals surface area (Å²) in [6.45, 7) is 8.48. The van der Waals surface area contributed by atoms with Crippen molar-refractivity contribution in [2.45, 2.75) is 40.0 Å². The third-order valence-electron chi connectivity index (χ3n) is 3.08. The average Bonchev–Trinajstić information content (AvgIpc) is 2.50. The highest BCUT2D eigenvalue weighted by Gasteiger charge is 2.26. The lowest BCUT2D eigenvalue weighted by Gasteiger charge is -2.18. The Hall–Kier alpha value is -0.480. The van der Waals surface area contributed by atoms with E-state index < -0.39 is 15.2 Å². The van der Waals surface area contributed by atoms with Gasteiger partial charge < -0.3 is 18.1 Å². The van der Waals surface area contributed by atoms with E-state index >= 15 is 0 Å². The Morgan fingerprint density at radius 2 is 0.917 bits per heavy atom. The Morgan fingerprint density at radius 3 is 1.12 bits per heavy atom. The Labute approximate surface area is 146 Å². The van der Waals surface area contributed by atoms with Crippen LogP contribution in [0.5, 0.6) is 0 Å². The minimum absolute atomic E-state index is 0. The van der Waals surface area contributed by atoms with Crippen LogP contribution in [0, 0.1) is 0 Å². The number of hydrogen-bond acceptors (Lipinski definition) is 6. The second kappa shape index (κ2) is 10.5. The van der Waals surface area contributed by atoms with Crippen molar-refractivity contribution >= 4 is 15.2 Å². The van der Waals surface area contributed by atoms with E-state index in [-0.39, 0.29) is 13.8 Å². The second-order valence-electron chi connectivity index (χ2n) is 5.03. The van der Waals surface area contributed by atoms with Gasteiger partial charge in [-0.1, -0.05) is 24.3 Å². The molecular formula is C16H30O6P2. The molecule has 1 rings (SSSR count). The summed E-state index contributed by atoms with van der Waals surface area (Å²) in [5.41, 5.74) is 1.68. The third-order valence-corrected chi connectivity index (χ3v) is 7.19. The van der Waals surface area contributed by atoms with Gasteiger partial charge in [-0.15, -0.1) is 0 Å². The first kappa shape index (κ1) is 21.6. The molecule has 0 saturated carbocycles. The predicted octanol–water partition coefficient (Wildman–Crippen LogP) is 5.46. The largest absolute Gasteiger partial charge is 0.335 e. The van der Waals surface area contributed by atoms with Gasteiger partial charge in [0, 0.05) is 1.43 Å². The fourth-order valence-corrected chi connectivity index (χ4v) is 5.65. The zero-order valence-electron chi connectivity index (χ0n) is 14.9. The van der Waals surface area contributed by atoms with Crippen LogP contribution in [-0.4, -0.2) is 26.4 Å². The van der Waals surface area contributed by atoms with E-state index in [1.165, 1.54) is 0 Å². The van der Waals surface area contributed by atoms with Crippen LogP contribution in [0.15, 0.2) is 24.3 Å². The average molecular weight is 381 g/mol. The maximum atomic E-state index is 12.5. The van der Waals surface area contributed by atoms with Crippen LogP contribution in [0.4, 0.5) is 0 Å². The first-order chi connectivity index (χ1) is 11.4. The maximum Gasteiger partial charge on any atom is 0.335 e. The molecule has 0 amide bonds. The van der Waals surface area contributed by atoms with Gasteiger partial charge in [-0.3, -0.25) is 9.13 Å². The summed E-state index contributed by atoms with van der Waals surface area (Å²) in [5, 5.41) is 0. The van der Waals surface area contributed by atoms with Crippen molar-refractivity contribution in [3.8, 4) is 0 Å². The molecule has 0 aliphatic heterocycles. The van der Waals surface area contributed by atoms with Gasteiger partial charge in [0.05, 0.1) is 38.8 Å². The Balaban J connectivity index is 0.00000576. The van der Waals surface area contributed by atoms with Crippen LogP contribution in [0.1, 0.15) is 40.2 Å². The summed E-state index contributed by atoms with van der Waals surface area (Å²) in [4.78, 5) is 0. The van der Waals surface area contributed by atoms with E-state index in [0.29, 0.717) is 26.4 Å². The molecule has 0 saturated heterocycles. The number of benzene rings is 1. The third kappa shape index (κ3) is 7.18. The quantitative estimate of drug-likeness (QED) is 0.448. The summed E-state index contributed by atoms with van der Waals surface area (Å²) in [6.07, 6.45) is 0.424. The van der Waals surface area contributed by atoms with Crippen molar-refractivity contribution in [2.24, 2.45) is 0 Å². The molecule has 0 bridgehead atoms. The monoisotopic (exact) mass is 381 g/mol. The molecule has 0 heterocycles. The van der Waals surface area contributed by atoms with Gasteiger partial charge in [-0.25, -0.2) is 0 Å². The molecule has 0 fully saturated rings. The van der Waals surface area contributed by atoms with Crippen molar-refractivity contribution < 1.29 is 28.7 Å². The summed E-state index contributed by atoms with van der Waals surface area (Å²) < 4.78 is 46.3. The summed E-state index contributed by atoms with van der Waals surface area (Å²) in [7, 11) is -6.25. The van der Waals surface area contributed by atoms with Gasteiger partial charge in [-0.2, -0.15) is 0 Å². The normalized spacial score (nSPS) is 12.5. The summed E-state index contributed by atoms with van der Waals surface area (Å²) in [5.74, 6) is 0. The predicted molar refractivity (Wildman–Crippen MR) is 97.7 cm³/mol. The topological polar surface area (TPSA) is 71.1 Å². The van der Waals surface area contributed by atoms with Crippen LogP contribution in [0.3, 0.4) is 0 Å². The standard InChI is InChI=1S/C16H28O6P2.H2/c1-5-19-23(17,20-6-2)13-15-9-11-16(12-10-15)14-24(18,21-7-3)22-8-4;/h9-12H,5-8,13-14H2,1-4H3;1H/i;1+1. The van der Waals surface area contributed by atoms with Crippen LogP contribution >= 0.6 is 15.2 Å². The van der Waals surface area contributed by atoms with E-state index in [9.17, 15) is 9.13 Å². The molecule has 0 aliphatic rings. The minimum Gasteiger partial charge on any atom is -0.309 e. The first-order valence-electron chi connectivity index (χ1n) is 8.24. The maximum absolute atomic E-state index is 12.5. The molecule has 8 heteroatoms. The molecule has 0 aromatic heterocycles. The summed E-state index contributed by atoms with van der Waals surface area (Å²) >= 11 is 0. The second-order valence-corrected chi connectivity index (χ2v) is 9.13. The first-order valence-corrected chi connectivity index (χ1v) is 11.7. The fourth-order valence-electron chi connectivity index (χ4n) is 2.24. The fraction of sp³-hybridized carbons (Fsp3) is 0.625. The van der Waals surface area contributed by atoms with Crippen LogP contribution in [0.25, 0.3) is 0 Å². The van der Waals surface area contributed by atoms with Crippen molar-refractivity contribution in [3.05, 3.63) is 35.4 Å². The van der Waals surface area contributed by atoms with Crippen molar-refractivity contribution in [3.63, 3.8) is 0 Å². The van der Waals surface area contributed by atoms with Crippen molar-refractivity contribution in [1.29, 1.82) is 0 Å². The number of hydrogen-bond donors (Lipinski definition) is 0. The lowest BCUT2D eigenvalue weighted by Crippen LogP contribution is -2.00. The molecule has 1 aromatic rings. The van der Waals surface area contributed by atoms with Gasteiger partial charge in [0.25, 0.3) is 0 Å². The van der Waals surface area contributed by atoms with E-state index in [0.717, 1.165) is 11.1 Å². The number of rotatable bonds is 12. The van der Waals surface area contributed by atoms with Crippen LogP contribution < -0.4 is 0 Å². The van der Waals surface area contributed by atoms with Crippen molar-refractivity contribution in [1.82, 2.24) is 0 Å². The molecule has 0 atom stereocenters. The van der Waals surface area contributed by atoms with E-state index in [4.69, 9.17) is 18.1 Å². The smallest absolute Gasteiger partial charge is 0.309 e. The van der Waals surface area contributed by atoms with E-state index in [2.05, 4.69) is 0 Å². The lowest BCUT2D eigenvalue weighted by atomic mass is 10.2. The highest BCUT2D eigenvalue weighted by Crippen LogP contribution is 2.52. The molecule has 0 unspecified atom stereocenters. The minimum atomic E-state index is -3.12. The molecule has 6 nitrogen and oxygen atoms in total. The molecule has 1 aromatic carbocycles. The molecular weight excluding hydrogens is 350 g/mol.